The first-order chi connectivity index (χ1) is 6.28. The summed E-state index contributed by atoms with van der Waals surface area (Å²) in [5.74, 6) is -7.43. The summed E-state index contributed by atoms with van der Waals surface area (Å²) in [5, 5.41) is 0. The van der Waals surface area contributed by atoms with Crippen LogP contribution in [0.2, 0.25) is 0 Å². The van der Waals surface area contributed by atoms with Crippen molar-refractivity contribution in [2.75, 3.05) is 6.61 Å². The molecule has 0 rings (SSSR count). The number of hydrogen-bond donors (Lipinski definition) is 0. The van der Waals surface area contributed by atoms with Gasteiger partial charge in [-0.1, -0.05) is 0 Å². The highest BCUT2D eigenvalue weighted by molar-refractivity contribution is 5.78. The zero-order valence-electron chi connectivity index (χ0n) is 6.65. The minimum absolute atomic E-state index is 0.967. The van der Waals surface area contributed by atoms with Crippen molar-refractivity contribution < 1.29 is 35.9 Å². The minimum Gasteiger partial charge on any atom is -0.461 e. The summed E-state index contributed by atoms with van der Waals surface area (Å²) in [7, 11) is 0. The Morgan fingerprint density at radius 2 is 1.71 bits per heavy atom. The highest BCUT2D eigenvalue weighted by Gasteiger charge is 2.50. The highest BCUT2D eigenvalue weighted by atomic mass is 19.3. The van der Waals surface area contributed by atoms with Crippen LogP contribution in [0.4, 0.5) is 26.3 Å². The van der Waals surface area contributed by atoms with Crippen molar-refractivity contribution >= 4 is 5.97 Å². The van der Waals surface area contributed by atoms with Gasteiger partial charge in [-0.2, -0.15) is 8.78 Å². The standard InChI is InChI=1S/C6H6F6O2/c7-3(8)1-2-14-5(13)6(11,12)4(9)10/h3-4H,1-2H2. The average molecular weight is 224 g/mol. The lowest BCUT2D eigenvalue weighted by Crippen LogP contribution is -2.38. The van der Waals surface area contributed by atoms with Crippen molar-refractivity contribution in [2.45, 2.75) is 25.2 Å². The van der Waals surface area contributed by atoms with E-state index in [0.717, 1.165) is 0 Å². The van der Waals surface area contributed by atoms with Gasteiger partial charge in [0.2, 0.25) is 6.43 Å². The monoisotopic (exact) mass is 224 g/mol. The first kappa shape index (κ1) is 13.0. The molecule has 0 saturated heterocycles. The zero-order valence-corrected chi connectivity index (χ0v) is 6.65. The summed E-state index contributed by atoms with van der Waals surface area (Å²) in [6.07, 6.45) is -8.02. The fraction of sp³-hybridized carbons (Fsp3) is 0.833. The third-order valence-corrected chi connectivity index (χ3v) is 1.12. The molecule has 2 nitrogen and oxygen atoms in total. The van der Waals surface area contributed by atoms with Crippen LogP contribution in [-0.4, -0.2) is 31.3 Å². The van der Waals surface area contributed by atoms with E-state index in [1.807, 2.05) is 0 Å². The molecule has 0 aromatic heterocycles. The van der Waals surface area contributed by atoms with Gasteiger partial charge in [0.25, 0.3) is 0 Å². The van der Waals surface area contributed by atoms with Crippen LogP contribution in [0.5, 0.6) is 0 Å². The predicted molar refractivity (Wildman–Crippen MR) is 32.5 cm³/mol. The number of carbonyl (C=O) groups is 1. The summed E-state index contributed by atoms with van der Waals surface area (Å²) in [6.45, 7) is -1.02. The second-order valence-corrected chi connectivity index (χ2v) is 2.24. The number of ether oxygens (including phenoxy) is 1. The minimum atomic E-state index is -4.94. The van der Waals surface area contributed by atoms with E-state index in [4.69, 9.17) is 0 Å². The van der Waals surface area contributed by atoms with Gasteiger partial charge in [0, 0.05) is 6.42 Å². The topological polar surface area (TPSA) is 26.3 Å². The van der Waals surface area contributed by atoms with Crippen LogP contribution >= 0.6 is 0 Å². The smallest absolute Gasteiger partial charge is 0.401 e. The average Bonchev–Trinajstić information content (AvgIpc) is 2.02. The van der Waals surface area contributed by atoms with Crippen molar-refractivity contribution in [3.8, 4) is 0 Å². The number of carbonyl (C=O) groups excluding carboxylic acids is 1. The van der Waals surface area contributed by atoms with Gasteiger partial charge in [-0.05, 0) is 0 Å². The Morgan fingerprint density at radius 3 is 2.07 bits per heavy atom. The van der Waals surface area contributed by atoms with E-state index in [1.54, 1.807) is 0 Å². The maximum Gasteiger partial charge on any atom is 0.401 e. The summed E-state index contributed by atoms with van der Waals surface area (Å²) in [5.41, 5.74) is 0. The molecule has 0 aliphatic heterocycles. The van der Waals surface area contributed by atoms with Crippen LogP contribution in [0.15, 0.2) is 0 Å². The third kappa shape index (κ3) is 3.84. The van der Waals surface area contributed by atoms with Crippen molar-refractivity contribution in [3.05, 3.63) is 0 Å². The molecule has 0 spiro atoms. The van der Waals surface area contributed by atoms with Gasteiger partial charge in [0.05, 0.1) is 6.61 Å². The van der Waals surface area contributed by atoms with Gasteiger partial charge >= 0.3 is 18.3 Å². The summed E-state index contributed by atoms with van der Waals surface area (Å²) >= 11 is 0. The fourth-order valence-electron chi connectivity index (χ4n) is 0.426. The van der Waals surface area contributed by atoms with Crippen molar-refractivity contribution in [2.24, 2.45) is 0 Å². The number of hydrogen-bond acceptors (Lipinski definition) is 2. The van der Waals surface area contributed by atoms with Crippen molar-refractivity contribution in [1.82, 2.24) is 0 Å². The quantitative estimate of drug-likeness (QED) is 0.528. The van der Waals surface area contributed by atoms with Crippen molar-refractivity contribution in [3.63, 3.8) is 0 Å². The summed E-state index contributed by atoms with van der Waals surface area (Å²) < 4.78 is 73.4. The number of alkyl halides is 6. The highest BCUT2D eigenvalue weighted by Crippen LogP contribution is 2.24. The summed E-state index contributed by atoms with van der Waals surface area (Å²) in [6, 6.07) is 0. The molecule has 8 heteroatoms. The van der Waals surface area contributed by atoms with Gasteiger partial charge in [-0.15, -0.1) is 0 Å². The second kappa shape index (κ2) is 5.06. The van der Waals surface area contributed by atoms with Gasteiger partial charge in [-0.3, -0.25) is 0 Å². The van der Waals surface area contributed by atoms with Crippen LogP contribution in [0.3, 0.4) is 0 Å². The van der Waals surface area contributed by atoms with E-state index in [0.29, 0.717) is 0 Å². The van der Waals surface area contributed by atoms with Crippen LogP contribution in [-0.2, 0) is 9.53 Å². The Hall–Kier alpha value is -0.950. The molecule has 0 amide bonds. The van der Waals surface area contributed by atoms with Gasteiger partial charge in [0.15, 0.2) is 0 Å². The van der Waals surface area contributed by atoms with Gasteiger partial charge < -0.3 is 4.74 Å². The number of rotatable bonds is 5. The van der Waals surface area contributed by atoms with E-state index >= 15 is 0 Å². The lowest BCUT2D eigenvalue weighted by atomic mass is 10.3. The lowest BCUT2D eigenvalue weighted by Gasteiger charge is -2.13. The molecule has 0 bridgehead atoms. The normalized spacial score (nSPS) is 12.3. The number of esters is 1. The lowest BCUT2D eigenvalue weighted by molar-refractivity contribution is -0.194. The molecule has 0 aliphatic rings. The maximum atomic E-state index is 12.1. The molecule has 0 aromatic carbocycles. The van der Waals surface area contributed by atoms with Crippen molar-refractivity contribution in [1.29, 1.82) is 0 Å². The molecule has 0 N–H and O–H groups in total. The molecular formula is C6H6F6O2. The Bertz CT molecular complexity index is 193. The SMILES string of the molecule is O=C(OCCC(F)F)C(F)(F)C(F)F. The molecule has 0 atom stereocenters. The molecule has 0 unspecified atom stereocenters. The van der Waals surface area contributed by atoms with E-state index < -0.39 is 37.8 Å². The van der Waals surface area contributed by atoms with Crippen LogP contribution in [0, 0.1) is 0 Å². The van der Waals surface area contributed by atoms with E-state index in [1.165, 1.54) is 0 Å². The van der Waals surface area contributed by atoms with Crippen LogP contribution in [0.25, 0.3) is 0 Å². The molecule has 14 heavy (non-hydrogen) atoms. The molecule has 0 heterocycles. The summed E-state index contributed by atoms with van der Waals surface area (Å²) in [4.78, 5) is 10.2. The zero-order chi connectivity index (χ0) is 11.4. The predicted octanol–water partition coefficient (Wildman–Crippen LogP) is 2.09. The van der Waals surface area contributed by atoms with E-state index in [2.05, 4.69) is 4.74 Å². The fourth-order valence-corrected chi connectivity index (χ4v) is 0.426. The Kier molecular flexibility index (Phi) is 4.72. The van der Waals surface area contributed by atoms with Gasteiger partial charge in [0.1, 0.15) is 0 Å². The number of halogens is 6. The van der Waals surface area contributed by atoms with E-state index in [-0.39, 0.29) is 0 Å². The largest absolute Gasteiger partial charge is 0.461 e. The van der Waals surface area contributed by atoms with E-state index in [9.17, 15) is 31.1 Å². The Balaban J connectivity index is 3.96. The van der Waals surface area contributed by atoms with Crippen LogP contribution < -0.4 is 0 Å². The molecular weight excluding hydrogens is 218 g/mol. The first-order valence-electron chi connectivity index (χ1n) is 3.39. The molecule has 0 saturated carbocycles. The van der Waals surface area contributed by atoms with Crippen LogP contribution in [0.1, 0.15) is 6.42 Å². The molecule has 0 fully saturated rings. The van der Waals surface area contributed by atoms with Gasteiger partial charge in [-0.25, -0.2) is 22.4 Å². The molecule has 0 radical (unpaired) electrons. The Morgan fingerprint density at radius 1 is 1.21 bits per heavy atom. The third-order valence-electron chi connectivity index (χ3n) is 1.12. The molecule has 84 valence electrons. The molecule has 0 aromatic rings. The first-order valence-corrected chi connectivity index (χ1v) is 3.39. The Labute approximate surface area is 74.8 Å². The maximum absolute atomic E-state index is 12.1. The molecule has 0 aliphatic carbocycles. The second-order valence-electron chi connectivity index (χ2n) is 2.24.